The molecule has 288 valence electrons. The third kappa shape index (κ3) is 34.7. The molecule has 0 aliphatic rings. The molecular weight excluding hydrogens is 647 g/mol. The molecule has 0 amide bonds. The van der Waals surface area contributed by atoms with Gasteiger partial charge in [0.2, 0.25) is 0 Å². The molecule has 49 heavy (non-hydrogen) atoms. The van der Waals surface area contributed by atoms with Crippen molar-refractivity contribution < 1.29 is 47.8 Å². The predicted molar refractivity (Wildman–Crippen MR) is 196 cm³/mol. The van der Waals surface area contributed by atoms with E-state index in [9.17, 15) is 24.2 Å². The molecule has 1 unspecified atom stereocenters. The Morgan fingerprint density at radius 2 is 1.00 bits per heavy atom. The first-order valence-corrected chi connectivity index (χ1v) is 20.8. The molecule has 3 atom stereocenters. The van der Waals surface area contributed by atoms with Crippen LogP contribution in [0.15, 0.2) is 24.3 Å². The number of carbonyl (C=O) groups excluding carboxylic acids is 2. The highest BCUT2D eigenvalue weighted by atomic mass is 31.2. The van der Waals surface area contributed by atoms with Crippen molar-refractivity contribution in [1.29, 1.82) is 0 Å². The van der Waals surface area contributed by atoms with Crippen LogP contribution in [-0.2, 0) is 32.7 Å². The summed E-state index contributed by atoms with van der Waals surface area (Å²) in [6.45, 7) is 2.31. The molecule has 0 aromatic carbocycles. The van der Waals surface area contributed by atoms with Gasteiger partial charge in [-0.2, -0.15) is 0 Å². The van der Waals surface area contributed by atoms with Gasteiger partial charge in [0.05, 0.1) is 19.8 Å². The van der Waals surface area contributed by atoms with Crippen LogP contribution in [0.3, 0.4) is 0 Å². The normalized spacial score (nSPS) is 14.3. The molecule has 0 spiro atoms. The lowest BCUT2D eigenvalue weighted by molar-refractivity contribution is -0.161. The number of ether oxygens (including phenoxy) is 2. The maximum Gasteiger partial charge on any atom is 0.472 e. The second-order valence-corrected chi connectivity index (χ2v) is 14.4. The van der Waals surface area contributed by atoms with E-state index in [0.29, 0.717) is 12.8 Å². The van der Waals surface area contributed by atoms with Gasteiger partial charge in [0.15, 0.2) is 6.10 Å². The third-order valence-corrected chi connectivity index (χ3v) is 9.03. The van der Waals surface area contributed by atoms with Gasteiger partial charge in [-0.15, -0.1) is 0 Å². The summed E-state index contributed by atoms with van der Waals surface area (Å²) < 4.78 is 32.5. The summed E-state index contributed by atoms with van der Waals surface area (Å²) in [7, 11) is -4.61. The summed E-state index contributed by atoms with van der Waals surface area (Å²) in [6.07, 6.45) is 31.5. The monoisotopic (exact) mass is 718 g/mol. The number of aliphatic hydroxyl groups is 2. The summed E-state index contributed by atoms with van der Waals surface area (Å²) in [4.78, 5) is 34.8. The highest BCUT2D eigenvalue weighted by Crippen LogP contribution is 2.43. The second kappa shape index (κ2) is 34.9. The van der Waals surface area contributed by atoms with Gasteiger partial charge in [0.1, 0.15) is 12.7 Å². The Hall–Kier alpha value is -1.55. The Kier molecular flexibility index (Phi) is 33.8. The molecular formula is C38H71O10P. The molecule has 3 N–H and O–H groups in total. The summed E-state index contributed by atoms with van der Waals surface area (Å²) in [6, 6.07) is 0. The van der Waals surface area contributed by atoms with E-state index in [1.165, 1.54) is 64.2 Å². The molecule has 0 rings (SSSR count). The smallest absolute Gasteiger partial charge is 0.462 e. The molecule has 11 heteroatoms. The van der Waals surface area contributed by atoms with Crippen molar-refractivity contribution in [3.63, 3.8) is 0 Å². The molecule has 0 heterocycles. The first kappa shape index (κ1) is 47.4. The van der Waals surface area contributed by atoms with Crippen LogP contribution in [0.5, 0.6) is 0 Å². The minimum atomic E-state index is -4.61. The molecule has 0 aromatic heterocycles. The fourth-order valence-electron chi connectivity index (χ4n) is 5.04. The van der Waals surface area contributed by atoms with E-state index in [2.05, 4.69) is 42.7 Å². The summed E-state index contributed by atoms with van der Waals surface area (Å²) in [5.74, 6) is -0.954. The third-order valence-electron chi connectivity index (χ3n) is 8.08. The van der Waals surface area contributed by atoms with Crippen molar-refractivity contribution in [2.45, 2.75) is 180 Å². The zero-order chi connectivity index (χ0) is 36.3. The van der Waals surface area contributed by atoms with Gasteiger partial charge in [-0.25, -0.2) is 4.57 Å². The second-order valence-electron chi connectivity index (χ2n) is 12.9. The van der Waals surface area contributed by atoms with Gasteiger partial charge in [0.25, 0.3) is 0 Å². The molecule has 0 saturated carbocycles. The number of rotatable bonds is 36. The minimum Gasteiger partial charge on any atom is -0.462 e. The molecule has 0 bridgehead atoms. The van der Waals surface area contributed by atoms with E-state index < -0.39 is 51.8 Å². The van der Waals surface area contributed by atoms with Crippen LogP contribution >= 0.6 is 7.82 Å². The van der Waals surface area contributed by atoms with Crippen molar-refractivity contribution in [1.82, 2.24) is 0 Å². The van der Waals surface area contributed by atoms with Crippen LogP contribution < -0.4 is 0 Å². The number of carbonyl (C=O) groups is 2. The van der Waals surface area contributed by atoms with Crippen LogP contribution in [0.25, 0.3) is 0 Å². The van der Waals surface area contributed by atoms with Crippen molar-refractivity contribution in [3.05, 3.63) is 24.3 Å². The van der Waals surface area contributed by atoms with Gasteiger partial charge in [-0.1, -0.05) is 115 Å². The molecule has 10 nitrogen and oxygen atoms in total. The number of allylic oxidation sites excluding steroid dienone is 4. The van der Waals surface area contributed by atoms with Gasteiger partial charge < -0.3 is 24.6 Å². The number of aliphatic hydroxyl groups excluding tert-OH is 2. The van der Waals surface area contributed by atoms with Gasteiger partial charge in [-0.3, -0.25) is 18.6 Å². The molecule has 0 fully saturated rings. The SMILES string of the molecule is CCCCCC/C=C/CCCCCCCC(=O)O[C@H](COC(=O)CCCCC/C=C/CCCCCCCC)COP(=O)(O)OC[C@@H](O)CO. The highest BCUT2D eigenvalue weighted by molar-refractivity contribution is 7.47. The maximum atomic E-state index is 12.5. The van der Waals surface area contributed by atoms with Gasteiger partial charge in [0, 0.05) is 12.8 Å². The standard InChI is InChI=1S/C38H71O10P/c1-3-5-7-9-11-13-15-17-19-21-23-25-27-29-37(41)45-33-36(34-47-49(43,44)46-32-35(40)31-39)48-38(42)30-28-26-24-22-20-18-16-14-12-10-8-6-4-2/h14,16-17,19,35-36,39-40H,3-13,15,18,20-34H2,1-2H3,(H,43,44)/b16-14+,19-17+/t35-,36+/m0/s1. The topological polar surface area (TPSA) is 149 Å². The average molecular weight is 719 g/mol. The maximum absolute atomic E-state index is 12.5. The van der Waals surface area contributed by atoms with Crippen LogP contribution in [0.4, 0.5) is 0 Å². The van der Waals surface area contributed by atoms with Gasteiger partial charge >= 0.3 is 19.8 Å². The van der Waals surface area contributed by atoms with E-state index in [1.54, 1.807) is 0 Å². The molecule has 0 aromatic rings. The summed E-state index contributed by atoms with van der Waals surface area (Å²) >= 11 is 0. The lowest BCUT2D eigenvalue weighted by Crippen LogP contribution is -2.29. The molecule has 0 aliphatic carbocycles. The first-order valence-electron chi connectivity index (χ1n) is 19.3. The molecule has 0 saturated heterocycles. The zero-order valence-corrected chi connectivity index (χ0v) is 31.8. The van der Waals surface area contributed by atoms with Crippen molar-refractivity contribution in [2.75, 3.05) is 26.4 Å². The average Bonchev–Trinajstić information content (AvgIpc) is 3.09. The van der Waals surface area contributed by atoms with Crippen molar-refractivity contribution in [2.24, 2.45) is 0 Å². The summed E-state index contributed by atoms with van der Waals surface area (Å²) in [5.41, 5.74) is 0. The highest BCUT2D eigenvalue weighted by Gasteiger charge is 2.27. The predicted octanol–water partition coefficient (Wildman–Crippen LogP) is 9.44. The van der Waals surface area contributed by atoms with Crippen molar-refractivity contribution in [3.8, 4) is 0 Å². The Bertz CT molecular complexity index is 879. The fourth-order valence-corrected chi connectivity index (χ4v) is 5.83. The van der Waals surface area contributed by atoms with Gasteiger partial charge in [-0.05, 0) is 64.2 Å². The Balaban J connectivity index is 4.40. The lowest BCUT2D eigenvalue weighted by atomic mass is 10.1. The number of phosphoric ester groups is 1. The van der Waals surface area contributed by atoms with E-state index in [-0.39, 0.29) is 19.4 Å². The molecule has 0 radical (unpaired) electrons. The van der Waals surface area contributed by atoms with E-state index in [4.69, 9.17) is 19.1 Å². The first-order chi connectivity index (χ1) is 23.7. The Morgan fingerprint density at radius 1 is 0.592 bits per heavy atom. The number of unbranched alkanes of at least 4 members (excludes halogenated alkanes) is 18. The summed E-state index contributed by atoms with van der Waals surface area (Å²) in [5, 5.41) is 18.3. The van der Waals surface area contributed by atoms with Crippen LogP contribution in [0, 0.1) is 0 Å². The van der Waals surface area contributed by atoms with Crippen LogP contribution in [0.2, 0.25) is 0 Å². The van der Waals surface area contributed by atoms with E-state index in [0.717, 1.165) is 64.2 Å². The van der Waals surface area contributed by atoms with E-state index in [1.807, 2.05) is 0 Å². The van der Waals surface area contributed by atoms with Crippen molar-refractivity contribution >= 4 is 19.8 Å². The zero-order valence-electron chi connectivity index (χ0n) is 30.9. The fraction of sp³-hybridized carbons (Fsp3) is 0.842. The number of esters is 2. The van der Waals surface area contributed by atoms with E-state index >= 15 is 0 Å². The van der Waals surface area contributed by atoms with Crippen LogP contribution in [-0.4, -0.2) is 65.7 Å². The largest absolute Gasteiger partial charge is 0.472 e. The Morgan fingerprint density at radius 3 is 1.51 bits per heavy atom. The lowest BCUT2D eigenvalue weighted by Gasteiger charge is -2.20. The minimum absolute atomic E-state index is 0.172. The van der Waals surface area contributed by atoms with Crippen LogP contribution in [0.1, 0.15) is 168 Å². The Labute approximate surface area is 298 Å². The number of phosphoric acid groups is 1. The number of hydrogen-bond donors (Lipinski definition) is 3. The molecule has 0 aliphatic heterocycles. The number of hydrogen-bond acceptors (Lipinski definition) is 9. The quantitative estimate of drug-likeness (QED) is 0.0248.